The van der Waals surface area contributed by atoms with Crippen LogP contribution in [0.15, 0.2) is 24.3 Å². The van der Waals surface area contributed by atoms with Gasteiger partial charge in [0, 0.05) is 18.2 Å². The standard InChI is InChI=1S/C22H29ClN4O3/c1-6-7-13-27-21(23)18(16(4)26-27)11-12-20(28)24-25-22(29)17(5)30-19-10-8-9-14(2)15(19)3/h8-12,17H,6-7,13H2,1-5H3,(H,24,28)(H,25,29)/b12-11+. The van der Waals surface area contributed by atoms with Crippen LogP contribution in [0.5, 0.6) is 5.75 Å². The predicted molar refractivity (Wildman–Crippen MR) is 118 cm³/mol. The van der Waals surface area contributed by atoms with E-state index < -0.39 is 17.9 Å². The summed E-state index contributed by atoms with van der Waals surface area (Å²) in [6.45, 7) is 10.2. The number of ether oxygens (including phenoxy) is 1. The molecule has 2 N–H and O–H groups in total. The second-order valence-electron chi connectivity index (χ2n) is 7.14. The van der Waals surface area contributed by atoms with Gasteiger partial charge in [0.15, 0.2) is 6.10 Å². The van der Waals surface area contributed by atoms with Crippen LogP contribution in [0.3, 0.4) is 0 Å². The predicted octanol–water partition coefficient (Wildman–Crippen LogP) is 3.89. The molecule has 0 aliphatic carbocycles. The van der Waals surface area contributed by atoms with Gasteiger partial charge in [0.25, 0.3) is 11.8 Å². The van der Waals surface area contributed by atoms with Gasteiger partial charge in [0.1, 0.15) is 10.9 Å². The van der Waals surface area contributed by atoms with E-state index in [1.165, 1.54) is 6.08 Å². The van der Waals surface area contributed by atoms with Crippen molar-refractivity contribution in [3.05, 3.63) is 51.8 Å². The zero-order valence-electron chi connectivity index (χ0n) is 18.1. The highest BCUT2D eigenvalue weighted by Gasteiger charge is 2.16. The minimum absolute atomic E-state index is 0.459. The number of carbonyl (C=O) groups is 2. The van der Waals surface area contributed by atoms with E-state index in [1.807, 2.05) is 32.9 Å². The minimum atomic E-state index is -0.775. The van der Waals surface area contributed by atoms with E-state index in [4.69, 9.17) is 16.3 Å². The van der Waals surface area contributed by atoms with Crippen LogP contribution in [0, 0.1) is 20.8 Å². The second kappa shape index (κ2) is 10.8. The number of rotatable bonds is 8. The van der Waals surface area contributed by atoms with E-state index in [0.29, 0.717) is 16.5 Å². The van der Waals surface area contributed by atoms with Crippen molar-refractivity contribution < 1.29 is 14.3 Å². The molecule has 8 heteroatoms. The van der Waals surface area contributed by atoms with Gasteiger partial charge in [-0.25, -0.2) is 0 Å². The average Bonchev–Trinajstić information content (AvgIpc) is 2.99. The molecule has 30 heavy (non-hydrogen) atoms. The number of hydrazine groups is 1. The summed E-state index contributed by atoms with van der Waals surface area (Å²) >= 11 is 6.35. The van der Waals surface area contributed by atoms with Crippen molar-refractivity contribution in [3.63, 3.8) is 0 Å². The summed E-state index contributed by atoms with van der Waals surface area (Å²) in [5.74, 6) is -0.313. The summed E-state index contributed by atoms with van der Waals surface area (Å²) in [7, 11) is 0. The van der Waals surface area contributed by atoms with Crippen molar-refractivity contribution in [2.75, 3.05) is 0 Å². The molecule has 2 aromatic rings. The number of amides is 2. The fourth-order valence-electron chi connectivity index (χ4n) is 2.73. The zero-order chi connectivity index (χ0) is 22.3. The molecule has 0 saturated heterocycles. The summed E-state index contributed by atoms with van der Waals surface area (Å²) in [6, 6.07) is 5.65. The molecule has 1 unspecified atom stereocenters. The topological polar surface area (TPSA) is 85.3 Å². The van der Waals surface area contributed by atoms with E-state index in [9.17, 15) is 9.59 Å². The van der Waals surface area contributed by atoms with Gasteiger partial charge in [-0.1, -0.05) is 37.1 Å². The van der Waals surface area contributed by atoms with Gasteiger partial charge in [0.2, 0.25) is 0 Å². The van der Waals surface area contributed by atoms with Crippen molar-refractivity contribution in [2.45, 2.75) is 60.1 Å². The molecular weight excluding hydrogens is 404 g/mol. The summed E-state index contributed by atoms with van der Waals surface area (Å²) in [4.78, 5) is 24.3. The lowest BCUT2D eigenvalue weighted by Gasteiger charge is -2.17. The van der Waals surface area contributed by atoms with Gasteiger partial charge in [0.05, 0.1) is 5.69 Å². The van der Waals surface area contributed by atoms with Crippen LogP contribution >= 0.6 is 11.6 Å². The quantitative estimate of drug-likeness (QED) is 0.489. The van der Waals surface area contributed by atoms with Gasteiger partial charge in [-0.05, 0) is 57.4 Å². The van der Waals surface area contributed by atoms with E-state index in [1.54, 1.807) is 23.7 Å². The van der Waals surface area contributed by atoms with Crippen LogP contribution < -0.4 is 15.6 Å². The molecule has 1 heterocycles. The Morgan fingerprint density at radius 3 is 2.70 bits per heavy atom. The highest BCUT2D eigenvalue weighted by atomic mass is 35.5. The molecular formula is C22H29ClN4O3. The van der Waals surface area contributed by atoms with Crippen LogP contribution in [0.2, 0.25) is 5.15 Å². The lowest BCUT2D eigenvalue weighted by molar-refractivity contribution is -0.131. The molecule has 0 spiro atoms. The molecule has 0 aliphatic heterocycles. The van der Waals surface area contributed by atoms with Crippen molar-refractivity contribution in [1.29, 1.82) is 0 Å². The van der Waals surface area contributed by atoms with E-state index >= 15 is 0 Å². The largest absolute Gasteiger partial charge is 0.481 e. The monoisotopic (exact) mass is 432 g/mol. The normalized spacial score (nSPS) is 12.1. The average molecular weight is 433 g/mol. The maximum absolute atomic E-state index is 12.2. The third-order valence-electron chi connectivity index (χ3n) is 4.77. The summed E-state index contributed by atoms with van der Waals surface area (Å²) in [6.07, 6.45) is 4.12. The zero-order valence-corrected chi connectivity index (χ0v) is 18.8. The van der Waals surface area contributed by atoms with Gasteiger partial charge in [-0.3, -0.25) is 25.1 Å². The first kappa shape index (κ1) is 23.5. The van der Waals surface area contributed by atoms with Crippen molar-refractivity contribution in [3.8, 4) is 5.75 Å². The van der Waals surface area contributed by atoms with Gasteiger partial charge >= 0.3 is 0 Å². The molecule has 162 valence electrons. The van der Waals surface area contributed by atoms with Gasteiger partial charge in [-0.15, -0.1) is 0 Å². The van der Waals surface area contributed by atoms with Crippen LogP contribution in [-0.2, 0) is 16.1 Å². The number of aryl methyl sites for hydroxylation is 3. The Hall–Kier alpha value is -2.80. The van der Waals surface area contributed by atoms with E-state index in [0.717, 1.165) is 36.2 Å². The number of benzene rings is 1. The van der Waals surface area contributed by atoms with Gasteiger partial charge < -0.3 is 4.74 Å². The summed E-state index contributed by atoms with van der Waals surface area (Å²) < 4.78 is 7.43. The molecule has 0 fully saturated rings. The molecule has 7 nitrogen and oxygen atoms in total. The SMILES string of the molecule is CCCCn1nc(C)c(/C=C/C(=O)NNC(=O)C(C)Oc2cccc(C)c2C)c1Cl. The van der Waals surface area contributed by atoms with Gasteiger partial charge in [-0.2, -0.15) is 5.10 Å². The molecule has 1 atom stereocenters. The molecule has 0 bridgehead atoms. The molecule has 0 saturated carbocycles. The highest BCUT2D eigenvalue weighted by molar-refractivity contribution is 6.31. The van der Waals surface area contributed by atoms with E-state index in [-0.39, 0.29) is 0 Å². The second-order valence-corrected chi connectivity index (χ2v) is 7.49. The Kier molecular flexibility index (Phi) is 8.47. The fraction of sp³-hybridized carbons (Fsp3) is 0.409. The van der Waals surface area contributed by atoms with Crippen molar-refractivity contribution in [2.24, 2.45) is 0 Å². The number of nitrogens with zero attached hydrogens (tertiary/aromatic N) is 2. The number of hydrogen-bond acceptors (Lipinski definition) is 4. The first-order valence-corrected chi connectivity index (χ1v) is 10.4. The van der Waals surface area contributed by atoms with Crippen molar-refractivity contribution >= 4 is 29.5 Å². The van der Waals surface area contributed by atoms with E-state index in [2.05, 4.69) is 22.9 Å². The van der Waals surface area contributed by atoms with Crippen LogP contribution in [0.1, 0.15) is 49.1 Å². The number of unbranched alkanes of at least 4 members (excludes halogenated alkanes) is 1. The fourth-order valence-corrected chi connectivity index (χ4v) is 3.06. The lowest BCUT2D eigenvalue weighted by Crippen LogP contribution is -2.46. The third kappa shape index (κ3) is 6.10. The Morgan fingerprint density at radius 2 is 2.00 bits per heavy atom. The number of hydrogen-bond donors (Lipinski definition) is 2. The van der Waals surface area contributed by atoms with Crippen LogP contribution in [-0.4, -0.2) is 27.7 Å². The Labute approximate surface area is 182 Å². The maximum Gasteiger partial charge on any atom is 0.279 e. The molecule has 0 radical (unpaired) electrons. The minimum Gasteiger partial charge on any atom is -0.481 e. The summed E-state index contributed by atoms with van der Waals surface area (Å²) in [5.41, 5.74) is 8.18. The Balaban J connectivity index is 1.90. The molecule has 0 aliphatic rings. The first-order chi connectivity index (χ1) is 14.2. The first-order valence-electron chi connectivity index (χ1n) is 9.98. The Morgan fingerprint density at radius 1 is 1.27 bits per heavy atom. The lowest BCUT2D eigenvalue weighted by atomic mass is 10.1. The Bertz CT molecular complexity index is 937. The van der Waals surface area contributed by atoms with Crippen LogP contribution in [0.4, 0.5) is 0 Å². The molecule has 2 rings (SSSR count). The maximum atomic E-state index is 12.2. The van der Waals surface area contributed by atoms with Crippen molar-refractivity contribution in [1.82, 2.24) is 20.6 Å². The number of nitrogens with one attached hydrogen (secondary N) is 2. The molecule has 2 amide bonds. The van der Waals surface area contributed by atoms with Crippen LogP contribution in [0.25, 0.3) is 6.08 Å². The number of halogens is 1. The number of carbonyl (C=O) groups excluding carboxylic acids is 2. The smallest absolute Gasteiger partial charge is 0.279 e. The third-order valence-corrected chi connectivity index (χ3v) is 5.17. The molecule has 1 aromatic carbocycles. The number of aromatic nitrogens is 2. The molecule has 1 aromatic heterocycles. The summed E-state index contributed by atoms with van der Waals surface area (Å²) in [5, 5.41) is 4.88. The highest BCUT2D eigenvalue weighted by Crippen LogP contribution is 2.22.